The van der Waals surface area contributed by atoms with Crippen molar-refractivity contribution in [2.75, 3.05) is 20.3 Å². The van der Waals surface area contributed by atoms with Gasteiger partial charge in [0.2, 0.25) is 0 Å². The first-order valence-corrected chi connectivity index (χ1v) is 17.7. The second-order valence-electron chi connectivity index (χ2n) is 17.4. The molecular formula is C40H56O6. The smallest absolute Gasteiger partial charge is 0.332 e. The number of hydrogen-bond acceptors (Lipinski definition) is 6. The van der Waals surface area contributed by atoms with Crippen molar-refractivity contribution in [3.05, 3.63) is 47.5 Å². The molecular weight excluding hydrogens is 576 g/mol. The van der Waals surface area contributed by atoms with Gasteiger partial charge in [-0.25, -0.2) is 4.79 Å². The van der Waals surface area contributed by atoms with Gasteiger partial charge in [0.05, 0.1) is 10.8 Å². The van der Waals surface area contributed by atoms with Gasteiger partial charge >= 0.3 is 11.9 Å². The Morgan fingerprint density at radius 1 is 0.870 bits per heavy atom. The fraction of sp³-hybridized carbons (Fsp3) is 0.725. The van der Waals surface area contributed by atoms with Crippen LogP contribution in [0.1, 0.15) is 111 Å². The molecule has 1 aromatic carbocycles. The molecule has 4 saturated carbocycles. The number of esters is 2. The summed E-state index contributed by atoms with van der Waals surface area (Å²) in [7, 11) is 1.48. The van der Waals surface area contributed by atoms with Gasteiger partial charge in [-0.1, -0.05) is 76.6 Å². The number of ether oxygens (including phenoxy) is 3. The number of fused-ring (bicyclic) bond motifs is 7. The summed E-state index contributed by atoms with van der Waals surface area (Å²) in [4.78, 5) is 40.1. The Morgan fingerprint density at radius 3 is 2.30 bits per heavy atom. The highest BCUT2D eigenvalue weighted by Gasteiger charge is 2.70. The van der Waals surface area contributed by atoms with E-state index in [1.807, 2.05) is 37.3 Å². The van der Waals surface area contributed by atoms with E-state index < -0.39 is 16.8 Å². The molecule has 0 aliphatic heterocycles. The highest BCUT2D eigenvalue weighted by Crippen LogP contribution is 2.75. The number of rotatable bonds is 7. The summed E-state index contributed by atoms with van der Waals surface area (Å²) < 4.78 is 16.8. The van der Waals surface area contributed by atoms with Gasteiger partial charge in [-0.05, 0) is 110 Å². The molecule has 0 bridgehead atoms. The molecule has 4 fully saturated rings. The Kier molecular flexibility index (Phi) is 8.43. The van der Waals surface area contributed by atoms with Gasteiger partial charge in [-0.2, -0.15) is 0 Å². The third-order valence-corrected chi connectivity index (χ3v) is 14.6. The zero-order valence-electron chi connectivity index (χ0n) is 29.3. The van der Waals surface area contributed by atoms with Crippen LogP contribution < -0.4 is 0 Å². The summed E-state index contributed by atoms with van der Waals surface area (Å²) in [5, 5.41) is 0. The van der Waals surface area contributed by atoms with Gasteiger partial charge in [-0.3, -0.25) is 9.59 Å². The van der Waals surface area contributed by atoms with Crippen molar-refractivity contribution in [1.82, 2.24) is 0 Å². The lowest BCUT2D eigenvalue weighted by molar-refractivity contribution is -0.199. The minimum Gasteiger partial charge on any atom is -0.463 e. The summed E-state index contributed by atoms with van der Waals surface area (Å²) in [6.07, 6.45) is 11.7. The van der Waals surface area contributed by atoms with E-state index in [0.717, 1.165) is 63.4 Å². The van der Waals surface area contributed by atoms with Crippen LogP contribution in [0.3, 0.4) is 0 Å². The van der Waals surface area contributed by atoms with E-state index in [0.29, 0.717) is 18.9 Å². The first-order chi connectivity index (χ1) is 21.7. The quantitative estimate of drug-likeness (QED) is 0.222. The fourth-order valence-corrected chi connectivity index (χ4v) is 11.7. The van der Waals surface area contributed by atoms with Crippen molar-refractivity contribution in [2.45, 2.75) is 112 Å². The molecule has 252 valence electrons. The summed E-state index contributed by atoms with van der Waals surface area (Å²) in [5.74, 6) is 0.544. The van der Waals surface area contributed by atoms with Crippen LogP contribution in [0, 0.1) is 50.2 Å². The zero-order valence-corrected chi connectivity index (χ0v) is 29.3. The predicted octanol–water partition coefficient (Wildman–Crippen LogP) is 8.27. The van der Waals surface area contributed by atoms with Crippen LogP contribution in [0.5, 0.6) is 0 Å². The van der Waals surface area contributed by atoms with E-state index in [2.05, 4.69) is 40.7 Å². The van der Waals surface area contributed by atoms with Crippen molar-refractivity contribution >= 4 is 17.7 Å². The third-order valence-electron chi connectivity index (χ3n) is 14.6. The van der Waals surface area contributed by atoms with E-state index in [4.69, 9.17) is 14.2 Å². The van der Waals surface area contributed by atoms with Crippen LogP contribution >= 0.6 is 0 Å². The summed E-state index contributed by atoms with van der Waals surface area (Å²) in [6, 6.07) is 10.0. The first-order valence-electron chi connectivity index (χ1n) is 17.7. The maximum Gasteiger partial charge on any atom is 0.332 e. The van der Waals surface area contributed by atoms with Crippen molar-refractivity contribution in [3.63, 3.8) is 0 Å². The minimum absolute atomic E-state index is 0.00710. The SMILES string of the molecule is COCC(=O)OC[C@]1(C)C(=O)CC[C@@]2(C)[C@H]1CC[C@]1(C)[C@@H]2CC=C2[C@@H]3CC(C)(C)CC[C@]3(C(=O)OCc3ccccc3)CC[C@]21C. The number of benzene rings is 1. The zero-order chi connectivity index (χ0) is 33.2. The molecule has 0 N–H and O–H groups in total. The molecule has 6 nitrogen and oxygen atoms in total. The monoisotopic (exact) mass is 632 g/mol. The largest absolute Gasteiger partial charge is 0.463 e. The summed E-state index contributed by atoms with van der Waals surface area (Å²) in [6.45, 7) is 14.6. The second-order valence-corrected chi connectivity index (χ2v) is 17.4. The highest BCUT2D eigenvalue weighted by atomic mass is 16.6. The van der Waals surface area contributed by atoms with Crippen LogP contribution in [-0.2, 0) is 35.2 Å². The third kappa shape index (κ3) is 5.02. The number of hydrogen-bond donors (Lipinski definition) is 0. The van der Waals surface area contributed by atoms with Gasteiger partial charge in [-0.15, -0.1) is 0 Å². The van der Waals surface area contributed by atoms with Crippen molar-refractivity contribution in [2.24, 2.45) is 50.2 Å². The molecule has 0 spiro atoms. The molecule has 5 aliphatic rings. The standard InChI is InChI=1S/C40H56O6/c1-35(2)19-21-40(34(43)45-24-27-11-9-8-10-12-27)22-20-38(5)28(29(40)23-35)13-14-31-36(3)17-16-32(41)37(4,26-46-33(42)25-44-7)30(36)15-18-39(31,38)6/h8-13,29-31H,14-26H2,1-7H3/t29-,30+,31+,36-,37-,38+,39+,40-/m0/s1. The number of Topliss-reactive ketones (excluding diaryl/α,β-unsaturated/α-hetero) is 1. The Hall–Kier alpha value is -2.47. The Labute approximate surface area is 276 Å². The van der Waals surface area contributed by atoms with E-state index in [1.54, 1.807) is 0 Å². The molecule has 5 aliphatic carbocycles. The highest BCUT2D eigenvalue weighted by molar-refractivity contribution is 5.86. The van der Waals surface area contributed by atoms with E-state index in [1.165, 1.54) is 12.7 Å². The van der Waals surface area contributed by atoms with Gasteiger partial charge in [0.1, 0.15) is 25.6 Å². The Bertz CT molecular complexity index is 1400. The minimum atomic E-state index is -0.694. The predicted molar refractivity (Wildman–Crippen MR) is 177 cm³/mol. The van der Waals surface area contributed by atoms with Crippen LogP contribution in [0.15, 0.2) is 42.0 Å². The second kappa shape index (κ2) is 11.6. The summed E-state index contributed by atoms with van der Waals surface area (Å²) >= 11 is 0. The number of ketones is 1. The maximum absolute atomic E-state index is 14.2. The van der Waals surface area contributed by atoms with E-state index in [-0.39, 0.29) is 58.5 Å². The van der Waals surface area contributed by atoms with Gasteiger partial charge in [0.15, 0.2) is 0 Å². The average Bonchev–Trinajstić information content (AvgIpc) is 3.02. The molecule has 8 atom stereocenters. The van der Waals surface area contributed by atoms with Crippen LogP contribution in [0.2, 0.25) is 0 Å². The maximum atomic E-state index is 14.2. The Morgan fingerprint density at radius 2 is 1.59 bits per heavy atom. The van der Waals surface area contributed by atoms with Crippen LogP contribution in [0.25, 0.3) is 0 Å². The first kappa shape index (κ1) is 33.4. The molecule has 0 unspecified atom stereocenters. The molecule has 6 heteroatoms. The lowest BCUT2D eigenvalue weighted by atomic mass is 9.33. The lowest BCUT2D eigenvalue weighted by Crippen LogP contribution is -2.65. The van der Waals surface area contributed by atoms with Crippen LogP contribution in [0.4, 0.5) is 0 Å². The molecule has 46 heavy (non-hydrogen) atoms. The lowest BCUT2D eigenvalue weighted by Gasteiger charge is -2.70. The van der Waals surface area contributed by atoms with Crippen molar-refractivity contribution in [1.29, 1.82) is 0 Å². The molecule has 6 rings (SSSR count). The van der Waals surface area contributed by atoms with E-state index in [9.17, 15) is 14.4 Å². The van der Waals surface area contributed by atoms with Gasteiger partial charge in [0, 0.05) is 13.5 Å². The molecule has 0 heterocycles. The van der Waals surface area contributed by atoms with Gasteiger partial charge < -0.3 is 14.2 Å². The number of allylic oxidation sites excluding steroid dienone is 2. The topological polar surface area (TPSA) is 78.9 Å². The van der Waals surface area contributed by atoms with Crippen molar-refractivity contribution < 1.29 is 28.6 Å². The molecule has 0 amide bonds. The summed E-state index contributed by atoms with van der Waals surface area (Å²) in [5.41, 5.74) is 1.49. The molecule has 1 aromatic rings. The number of methoxy groups -OCH3 is 1. The van der Waals surface area contributed by atoms with Crippen molar-refractivity contribution in [3.8, 4) is 0 Å². The molecule has 0 saturated heterocycles. The number of carbonyl (C=O) groups is 3. The fourth-order valence-electron chi connectivity index (χ4n) is 11.7. The normalized spacial score (nSPS) is 41.2. The average molecular weight is 633 g/mol. The number of carbonyl (C=O) groups excluding carboxylic acids is 3. The van der Waals surface area contributed by atoms with Crippen LogP contribution in [-0.4, -0.2) is 38.0 Å². The van der Waals surface area contributed by atoms with E-state index >= 15 is 0 Å². The molecule has 0 radical (unpaired) electrons. The van der Waals surface area contributed by atoms with Gasteiger partial charge in [0.25, 0.3) is 0 Å². The molecule has 0 aromatic heterocycles. The Balaban J connectivity index is 1.33.